The van der Waals surface area contributed by atoms with E-state index < -0.39 is 6.04 Å². The molecule has 0 heterocycles. The Morgan fingerprint density at radius 1 is 0.923 bits per heavy atom. The van der Waals surface area contributed by atoms with Gasteiger partial charge in [0.05, 0.1) is 0 Å². The van der Waals surface area contributed by atoms with Crippen LogP contribution in [0.4, 0.5) is 5.69 Å². The molecule has 0 bridgehead atoms. The Hall–Kier alpha value is -2.62. The van der Waals surface area contributed by atoms with Gasteiger partial charge in [0.15, 0.2) is 0 Å². The largest absolute Gasteiger partial charge is 0.340 e. The van der Waals surface area contributed by atoms with Crippen molar-refractivity contribution in [1.82, 2.24) is 5.32 Å². The first-order chi connectivity index (χ1) is 12.3. The standard InChI is InChI=1S/C22H28N2O2/c1-14(2)12-20(24-21(25)19-9-7-6-8-16(19)4)22(26)23-18-11-10-15(3)17(5)13-18/h6-11,13-14,20H,12H2,1-5H3,(H,23,26)(H,24,25). The second-order valence-electron chi connectivity index (χ2n) is 7.26. The maximum Gasteiger partial charge on any atom is 0.252 e. The molecule has 0 saturated carbocycles. The van der Waals surface area contributed by atoms with Crippen molar-refractivity contribution in [3.63, 3.8) is 0 Å². The summed E-state index contributed by atoms with van der Waals surface area (Å²) >= 11 is 0. The molecule has 1 unspecified atom stereocenters. The zero-order valence-corrected chi connectivity index (χ0v) is 16.2. The second-order valence-corrected chi connectivity index (χ2v) is 7.26. The van der Waals surface area contributed by atoms with Crippen molar-refractivity contribution >= 4 is 17.5 Å². The monoisotopic (exact) mass is 352 g/mol. The van der Waals surface area contributed by atoms with Gasteiger partial charge in [0.2, 0.25) is 5.91 Å². The van der Waals surface area contributed by atoms with Gasteiger partial charge in [-0.15, -0.1) is 0 Å². The van der Waals surface area contributed by atoms with Crippen molar-refractivity contribution in [2.75, 3.05) is 5.32 Å². The Morgan fingerprint density at radius 2 is 1.62 bits per heavy atom. The normalized spacial score (nSPS) is 11.9. The number of hydrogen-bond acceptors (Lipinski definition) is 2. The van der Waals surface area contributed by atoms with E-state index in [0.717, 1.165) is 16.8 Å². The van der Waals surface area contributed by atoms with Gasteiger partial charge in [-0.3, -0.25) is 9.59 Å². The van der Waals surface area contributed by atoms with Gasteiger partial charge in [-0.1, -0.05) is 38.1 Å². The summed E-state index contributed by atoms with van der Waals surface area (Å²) in [5.41, 5.74) is 4.53. The van der Waals surface area contributed by atoms with Crippen LogP contribution in [0.15, 0.2) is 42.5 Å². The number of carbonyl (C=O) groups excluding carboxylic acids is 2. The molecule has 2 amide bonds. The highest BCUT2D eigenvalue weighted by Gasteiger charge is 2.23. The molecule has 2 rings (SSSR count). The lowest BCUT2D eigenvalue weighted by molar-refractivity contribution is -0.118. The minimum atomic E-state index is -0.580. The maximum absolute atomic E-state index is 12.8. The summed E-state index contributed by atoms with van der Waals surface area (Å²) in [7, 11) is 0. The van der Waals surface area contributed by atoms with Gasteiger partial charge in [0.1, 0.15) is 6.04 Å². The van der Waals surface area contributed by atoms with Crippen molar-refractivity contribution < 1.29 is 9.59 Å². The average molecular weight is 352 g/mol. The number of nitrogens with one attached hydrogen (secondary N) is 2. The van der Waals surface area contributed by atoms with E-state index in [4.69, 9.17) is 0 Å². The van der Waals surface area contributed by atoms with E-state index in [0.29, 0.717) is 12.0 Å². The van der Waals surface area contributed by atoms with Crippen LogP contribution in [0.2, 0.25) is 0 Å². The minimum absolute atomic E-state index is 0.191. The van der Waals surface area contributed by atoms with Gasteiger partial charge in [0, 0.05) is 11.3 Å². The van der Waals surface area contributed by atoms with E-state index >= 15 is 0 Å². The third-order valence-corrected chi connectivity index (χ3v) is 4.49. The molecule has 1 atom stereocenters. The Morgan fingerprint density at radius 3 is 2.23 bits per heavy atom. The molecular formula is C22H28N2O2. The molecule has 2 N–H and O–H groups in total. The smallest absolute Gasteiger partial charge is 0.252 e. The van der Waals surface area contributed by atoms with Gasteiger partial charge in [-0.05, 0) is 68.0 Å². The minimum Gasteiger partial charge on any atom is -0.340 e. The van der Waals surface area contributed by atoms with Gasteiger partial charge in [-0.25, -0.2) is 0 Å². The fourth-order valence-electron chi connectivity index (χ4n) is 2.82. The van der Waals surface area contributed by atoms with E-state index in [1.54, 1.807) is 6.07 Å². The topological polar surface area (TPSA) is 58.2 Å². The molecule has 0 radical (unpaired) electrons. The second kappa shape index (κ2) is 8.65. The van der Waals surface area contributed by atoms with Crippen LogP contribution in [0, 0.1) is 26.7 Å². The molecule has 0 aromatic heterocycles. The quantitative estimate of drug-likeness (QED) is 0.810. The molecule has 2 aromatic rings. The summed E-state index contributed by atoms with van der Waals surface area (Å²) in [6.07, 6.45) is 0.578. The van der Waals surface area contributed by atoms with E-state index in [2.05, 4.69) is 10.6 Å². The zero-order valence-electron chi connectivity index (χ0n) is 16.2. The van der Waals surface area contributed by atoms with Crippen molar-refractivity contribution in [3.8, 4) is 0 Å². The van der Waals surface area contributed by atoms with E-state index in [1.807, 2.05) is 71.0 Å². The molecule has 0 aliphatic heterocycles. The summed E-state index contributed by atoms with van der Waals surface area (Å²) in [5.74, 6) is -0.129. The molecule has 2 aromatic carbocycles. The molecule has 0 fully saturated rings. The Bertz CT molecular complexity index is 796. The summed E-state index contributed by atoms with van der Waals surface area (Å²) in [6.45, 7) is 10.0. The number of hydrogen-bond donors (Lipinski definition) is 2. The van der Waals surface area contributed by atoms with Crippen LogP contribution in [0.1, 0.15) is 47.3 Å². The van der Waals surface area contributed by atoms with Crippen LogP contribution in [0.3, 0.4) is 0 Å². The predicted molar refractivity (Wildman–Crippen MR) is 106 cm³/mol. The molecule has 4 nitrogen and oxygen atoms in total. The molecule has 0 aliphatic carbocycles. The zero-order chi connectivity index (χ0) is 19.3. The molecule has 26 heavy (non-hydrogen) atoms. The van der Waals surface area contributed by atoms with E-state index in [1.165, 1.54) is 5.56 Å². The highest BCUT2D eigenvalue weighted by molar-refractivity contribution is 6.01. The number of amides is 2. The molecule has 0 saturated heterocycles. The van der Waals surface area contributed by atoms with Crippen LogP contribution in [0.25, 0.3) is 0 Å². The van der Waals surface area contributed by atoms with Crippen molar-refractivity contribution in [2.24, 2.45) is 5.92 Å². The van der Waals surface area contributed by atoms with Crippen molar-refractivity contribution in [1.29, 1.82) is 0 Å². The third kappa shape index (κ3) is 5.19. The van der Waals surface area contributed by atoms with Crippen LogP contribution in [-0.4, -0.2) is 17.9 Å². The molecule has 0 spiro atoms. The Balaban J connectivity index is 2.15. The van der Waals surface area contributed by atoms with Gasteiger partial charge < -0.3 is 10.6 Å². The fourth-order valence-corrected chi connectivity index (χ4v) is 2.82. The van der Waals surface area contributed by atoms with Gasteiger partial charge in [-0.2, -0.15) is 0 Å². The van der Waals surface area contributed by atoms with Crippen molar-refractivity contribution in [3.05, 3.63) is 64.7 Å². The molecular weight excluding hydrogens is 324 g/mol. The summed E-state index contributed by atoms with van der Waals surface area (Å²) in [4.78, 5) is 25.4. The lowest BCUT2D eigenvalue weighted by atomic mass is 10.0. The first-order valence-corrected chi connectivity index (χ1v) is 9.02. The number of benzene rings is 2. The SMILES string of the molecule is Cc1ccc(NC(=O)C(CC(C)C)NC(=O)c2ccccc2C)cc1C. The van der Waals surface area contributed by atoms with E-state index in [-0.39, 0.29) is 17.7 Å². The number of aryl methyl sites for hydroxylation is 3. The summed E-state index contributed by atoms with van der Waals surface area (Å²) in [6, 6.07) is 12.6. The fraction of sp³-hybridized carbons (Fsp3) is 0.364. The molecule has 0 aliphatic rings. The number of rotatable bonds is 6. The van der Waals surface area contributed by atoms with Crippen LogP contribution < -0.4 is 10.6 Å². The maximum atomic E-state index is 12.8. The van der Waals surface area contributed by atoms with Crippen LogP contribution in [-0.2, 0) is 4.79 Å². The number of carbonyl (C=O) groups is 2. The summed E-state index contributed by atoms with van der Waals surface area (Å²) in [5, 5.41) is 5.83. The van der Waals surface area contributed by atoms with Gasteiger partial charge in [0.25, 0.3) is 5.91 Å². The van der Waals surface area contributed by atoms with Crippen molar-refractivity contribution in [2.45, 2.75) is 47.1 Å². The highest BCUT2D eigenvalue weighted by Crippen LogP contribution is 2.16. The molecule has 138 valence electrons. The number of anilines is 1. The Kier molecular flexibility index (Phi) is 6.56. The third-order valence-electron chi connectivity index (χ3n) is 4.49. The average Bonchev–Trinajstić information content (AvgIpc) is 2.57. The lowest BCUT2D eigenvalue weighted by Crippen LogP contribution is -2.44. The Labute approximate surface area is 156 Å². The first-order valence-electron chi connectivity index (χ1n) is 9.02. The summed E-state index contributed by atoms with van der Waals surface area (Å²) < 4.78 is 0. The highest BCUT2D eigenvalue weighted by atomic mass is 16.2. The van der Waals surface area contributed by atoms with Gasteiger partial charge >= 0.3 is 0 Å². The lowest BCUT2D eigenvalue weighted by Gasteiger charge is -2.21. The van der Waals surface area contributed by atoms with E-state index in [9.17, 15) is 9.59 Å². The van der Waals surface area contributed by atoms with Crippen LogP contribution >= 0.6 is 0 Å². The molecule has 4 heteroatoms. The first kappa shape index (κ1) is 19.7. The van der Waals surface area contributed by atoms with Crippen LogP contribution in [0.5, 0.6) is 0 Å². The predicted octanol–water partition coefficient (Wildman–Crippen LogP) is 4.40.